The van der Waals surface area contributed by atoms with Crippen LogP contribution in [0.2, 0.25) is 5.02 Å². The lowest BCUT2D eigenvalue weighted by Crippen LogP contribution is -2.31. The van der Waals surface area contributed by atoms with E-state index in [-0.39, 0.29) is 10.6 Å². The van der Waals surface area contributed by atoms with Gasteiger partial charge >= 0.3 is 0 Å². The Morgan fingerprint density at radius 1 is 0.974 bits per heavy atom. The van der Waals surface area contributed by atoms with Gasteiger partial charge in [-0.2, -0.15) is 0 Å². The maximum atomic E-state index is 13.1. The third kappa shape index (κ3) is 6.04. The number of carbonyl (C=O) groups excluding carboxylic acids is 1. The van der Waals surface area contributed by atoms with Crippen LogP contribution in [0.15, 0.2) is 71.6 Å². The zero-order valence-electron chi connectivity index (χ0n) is 21.2. The number of carbonyl (C=O) groups is 1. The molecule has 4 aromatic rings. The lowest BCUT2D eigenvalue weighted by atomic mass is 10.2. The number of sulfonamides is 1. The predicted octanol–water partition coefficient (Wildman–Crippen LogP) is 5.12. The van der Waals surface area contributed by atoms with E-state index < -0.39 is 15.9 Å². The number of methoxy groups -OCH3 is 2. The number of aromatic nitrogens is 1. The summed E-state index contributed by atoms with van der Waals surface area (Å²) in [6.45, 7) is 1.01. The minimum atomic E-state index is -4.14. The van der Waals surface area contributed by atoms with E-state index in [1.807, 2.05) is 24.3 Å². The van der Waals surface area contributed by atoms with Gasteiger partial charge in [0, 0.05) is 50.0 Å². The van der Waals surface area contributed by atoms with Crippen molar-refractivity contribution < 1.29 is 27.4 Å². The minimum Gasteiger partial charge on any atom is -0.497 e. The summed E-state index contributed by atoms with van der Waals surface area (Å²) in [6, 6.07) is 18.3. The van der Waals surface area contributed by atoms with Gasteiger partial charge in [-0.25, -0.2) is 13.1 Å². The van der Waals surface area contributed by atoms with Crippen LogP contribution in [0.5, 0.6) is 11.5 Å². The van der Waals surface area contributed by atoms with Crippen LogP contribution in [0.1, 0.15) is 16.9 Å². The molecular weight excluding hydrogens is 530 g/mol. The van der Waals surface area contributed by atoms with Gasteiger partial charge in [-0.3, -0.25) is 4.79 Å². The van der Waals surface area contributed by atoms with Crippen LogP contribution in [0.25, 0.3) is 10.9 Å². The van der Waals surface area contributed by atoms with Crippen LogP contribution in [0.4, 0.5) is 11.4 Å². The fourth-order valence-electron chi connectivity index (χ4n) is 3.95. The van der Waals surface area contributed by atoms with Crippen LogP contribution in [-0.2, 0) is 21.8 Å². The Morgan fingerprint density at radius 2 is 1.74 bits per heavy atom. The third-order valence-corrected chi connectivity index (χ3v) is 7.50. The van der Waals surface area contributed by atoms with E-state index in [2.05, 4.69) is 10.0 Å². The van der Waals surface area contributed by atoms with E-state index in [0.29, 0.717) is 52.7 Å². The second kappa shape index (κ2) is 11.8. The van der Waals surface area contributed by atoms with E-state index in [1.165, 1.54) is 12.1 Å². The average Bonchev–Trinajstić information content (AvgIpc) is 3.27. The molecule has 3 aromatic carbocycles. The molecule has 4 rings (SSSR count). The molecule has 0 fully saturated rings. The number of hydrogen-bond acceptors (Lipinski definition) is 7. The first-order chi connectivity index (χ1) is 18.2. The number of hydrogen-bond donors (Lipinski definition) is 2. The largest absolute Gasteiger partial charge is 0.497 e. The number of ether oxygens (including phenoxy) is 3. The summed E-state index contributed by atoms with van der Waals surface area (Å²) in [7, 11) is 0.714. The summed E-state index contributed by atoms with van der Waals surface area (Å²) in [6.07, 6.45) is 0.707. The van der Waals surface area contributed by atoms with Gasteiger partial charge in [0.25, 0.3) is 15.9 Å². The van der Waals surface area contributed by atoms with Crippen LogP contribution < -0.4 is 19.5 Å². The number of amides is 1. The van der Waals surface area contributed by atoms with Crippen molar-refractivity contribution in [2.45, 2.75) is 11.3 Å². The molecule has 0 unspecified atom stereocenters. The summed E-state index contributed by atoms with van der Waals surface area (Å²) in [5.41, 5.74) is 2.17. The molecule has 1 amide bonds. The molecule has 0 bridgehead atoms. The first kappa shape index (κ1) is 27.3. The van der Waals surface area contributed by atoms with Gasteiger partial charge in [-0.15, -0.1) is 0 Å². The van der Waals surface area contributed by atoms with E-state index >= 15 is 0 Å². The maximum Gasteiger partial charge on any atom is 0.281 e. The number of rotatable bonds is 11. The van der Waals surface area contributed by atoms with Crippen molar-refractivity contribution in [3.8, 4) is 11.5 Å². The van der Waals surface area contributed by atoms with E-state index in [9.17, 15) is 13.2 Å². The van der Waals surface area contributed by atoms with E-state index in [4.69, 9.17) is 25.8 Å². The van der Waals surface area contributed by atoms with Crippen molar-refractivity contribution in [1.82, 2.24) is 9.29 Å². The zero-order valence-corrected chi connectivity index (χ0v) is 22.7. The molecule has 2 N–H and O–H groups in total. The molecule has 0 spiro atoms. The molecule has 9 nitrogen and oxygen atoms in total. The van der Waals surface area contributed by atoms with Crippen molar-refractivity contribution >= 4 is 49.8 Å². The van der Waals surface area contributed by atoms with Gasteiger partial charge in [0.2, 0.25) is 0 Å². The maximum absolute atomic E-state index is 13.1. The fourth-order valence-corrected chi connectivity index (χ4v) is 5.20. The van der Waals surface area contributed by atoms with Crippen LogP contribution in [0, 0.1) is 0 Å². The molecule has 0 atom stereocenters. The van der Waals surface area contributed by atoms with Gasteiger partial charge in [0.05, 0.1) is 29.2 Å². The SMILES string of the molecule is COCCCOc1ccc(S(=O)(=O)NC(=O)c2cc3c(Nc4cccc(OC)c4)ccc(Cl)c3n2C)cc1. The molecule has 11 heteroatoms. The minimum absolute atomic E-state index is 0.0627. The van der Waals surface area contributed by atoms with Crippen molar-refractivity contribution in [3.05, 3.63) is 77.4 Å². The summed E-state index contributed by atoms with van der Waals surface area (Å²) >= 11 is 6.46. The third-order valence-electron chi connectivity index (χ3n) is 5.85. The molecule has 200 valence electrons. The van der Waals surface area contributed by atoms with E-state index in [1.54, 1.807) is 56.2 Å². The normalized spacial score (nSPS) is 11.4. The summed E-state index contributed by atoms with van der Waals surface area (Å²) in [4.78, 5) is 13.1. The Bertz CT molecular complexity index is 1550. The molecular formula is C27H28ClN3O6S. The number of benzene rings is 3. The fraction of sp³-hybridized carbons (Fsp3) is 0.222. The van der Waals surface area contributed by atoms with E-state index in [0.717, 1.165) is 5.69 Å². The Hall–Kier alpha value is -3.73. The smallest absolute Gasteiger partial charge is 0.281 e. The topological polar surface area (TPSA) is 108 Å². The van der Waals surface area contributed by atoms with Gasteiger partial charge in [0.1, 0.15) is 17.2 Å². The van der Waals surface area contributed by atoms with Gasteiger partial charge in [-0.05, 0) is 54.6 Å². The molecule has 1 aromatic heterocycles. The number of aryl methyl sites for hydroxylation is 1. The quantitative estimate of drug-likeness (QED) is 0.246. The number of fused-ring (bicyclic) bond motifs is 1. The highest BCUT2D eigenvalue weighted by Crippen LogP contribution is 2.34. The Morgan fingerprint density at radius 3 is 2.45 bits per heavy atom. The summed E-state index contributed by atoms with van der Waals surface area (Å²) in [5, 5.41) is 4.38. The molecule has 0 radical (unpaired) electrons. The van der Waals surface area contributed by atoms with Crippen molar-refractivity contribution in [2.75, 3.05) is 32.8 Å². The van der Waals surface area contributed by atoms with Crippen LogP contribution in [0.3, 0.4) is 0 Å². The lowest BCUT2D eigenvalue weighted by Gasteiger charge is -2.11. The lowest BCUT2D eigenvalue weighted by molar-refractivity contribution is 0.0974. The Balaban J connectivity index is 1.56. The van der Waals surface area contributed by atoms with Crippen molar-refractivity contribution in [2.24, 2.45) is 7.05 Å². The number of nitrogens with zero attached hydrogens (tertiary/aromatic N) is 1. The Labute approximate surface area is 226 Å². The highest BCUT2D eigenvalue weighted by Gasteiger charge is 2.23. The van der Waals surface area contributed by atoms with Crippen molar-refractivity contribution in [3.63, 3.8) is 0 Å². The number of nitrogens with one attached hydrogen (secondary N) is 2. The van der Waals surface area contributed by atoms with Crippen LogP contribution >= 0.6 is 11.6 Å². The molecule has 0 saturated carbocycles. The second-order valence-corrected chi connectivity index (χ2v) is 10.5. The average molecular weight is 558 g/mol. The monoisotopic (exact) mass is 557 g/mol. The molecule has 0 aliphatic heterocycles. The number of anilines is 2. The van der Waals surface area contributed by atoms with Gasteiger partial charge in [-0.1, -0.05) is 17.7 Å². The van der Waals surface area contributed by atoms with Gasteiger partial charge < -0.3 is 24.1 Å². The first-order valence-electron chi connectivity index (χ1n) is 11.7. The summed E-state index contributed by atoms with van der Waals surface area (Å²) < 4.78 is 45.4. The second-order valence-electron chi connectivity index (χ2n) is 8.40. The Kier molecular flexibility index (Phi) is 8.45. The predicted molar refractivity (Wildman–Crippen MR) is 147 cm³/mol. The molecule has 0 aliphatic carbocycles. The molecule has 38 heavy (non-hydrogen) atoms. The zero-order chi connectivity index (χ0) is 27.3. The molecule has 1 heterocycles. The van der Waals surface area contributed by atoms with Crippen molar-refractivity contribution in [1.29, 1.82) is 0 Å². The molecule has 0 saturated heterocycles. The highest BCUT2D eigenvalue weighted by atomic mass is 35.5. The van der Waals surface area contributed by atoms with Gasteiger partial charge in [0.15, 0.2) is 0 Å². The standard InChI is InChI=1S/C27H28ClN3O6S/c1-31-25(27(32)30-38(33,34)21-10-8-19(9-11-21)37-15-5-14-35-2)17-22-24(13-12-23(28)26(22)31)29-18-6-4-7-20(16-18)36-3/h4,6-13,16-17,29H,5,14-15H2,1-3H3,(H,30,32). The summed E-state index contributed by atoms with van der Waals surface area (Å²) in [5.74, 6) is 0.419. The first-order valence-corrected chi connectivity index (χ1v) is 13.6. The highest BCUT2D eigenvalue weighted by molar-refractivity contribution is 7.90. The number of halogens is 1. The van der Waals surface area contributed by atoms with Crippen LogP contribution in [-0.4, -0.2) is 46.3 Å². The molecule has 0 aliphatic rings.